The highest BCUT2D eigenvalue weighted by Crippen LogP contribution is 2.24. The second-order valence-corrected chi connectivity index (χ2v) is 6.58. The number of nitrogens with zero attached hydrogens (tertiary/aromatic N) is 2. The van der Waals surface area contributed by atoms with Crippen molar-refractivity contribution < 1.29 is 0 Å². The van der Waals surface area contributed by atoms with Crippen molar-refractivity contribution in [3.8, 4) is 0 Å². The molecule has 0 fully saturated rings. The summed E-state index contributed by atoms with van der Waals surface area (Å²) in [6, 6.07) is 6.00. The third-order valence-electron chi connectivity index (χ3n) is 3.01. The number of benzene rings is 1. The zero-order chi connectivity index (χ0) is 15.3. The topological polar surface area (TPSA) is 56.4 Å². The molecule has 4 nitrogen and oxygen atoms in total. The molecule has 0 heterocycles. The zero-order valence-corrected chi connectivity index (χ0v) is 14.4. The number of hydrogen-bond donors (Lipinski definition) is 2. The molecule has 0 aromatic heterocycles. The molecule has 0 radical (unpaired) electrons. The first-order valence-corrected chi connectivity index (χ1v) is 7.64. The van der Waals surface area contributed by atoms with Crippen LogP contribution in [0, 0.1) is 11.3 Å². The van der Waals surface area contributed by atoms with Crippen molar-refractivity contribution in [2.45, 2.75) is 13.8 Å². The highest BCUT2D eigenvalue weighted by Gasteiger charge is 2.11. The van der Waals surface area contributed by atoms with Gasteiger partial charge in [-0.2, -0.15) is 0 Å². The van der Waals surface area contributed by atoms with Crippen LogP contribution in [0.4, 0.5) is 5.69 Å². The fourth-order valence-corrected chi connectivity index (χ4v) is 2.59. The fraction of sp³-hybridized carbons (Fsp3) is 0.533. The van der Waals surface area contributed by atoms with Crippen molar-refractivity contribution in [1.29, 1.82) is 5.41 Å². The van der Waals surface area contributed by atoms with E-state index in [0.29, 0.717) is 5.92 Å². The molecule has 0 aliphatic rings. The predicted octanol–water partition coefficient (Wildman–Crippen LogP) is 2.76. The minimum atomic E-state index is 0.0899. The molecule has 0 bridgehead atoms. The summed E-state index contributed by atoms with van der Waals surface area (Å²) in [4.78, 5) is 4.56. The van der Waals surface area contributed by atoms with Gasteiger partial charge in [-0.15, -0.1) is 0 Å². The SMILES string of the molecule is CC(C)CN(CCN(C)C)c1ccc(C(=N)N)c(Br)c1. The first kappa shape index (κ1) is 17.0. The van der Waals surface area contributed by atoms with Crippen LogP contribution in [0.2, 0.25) is 0 Å². The van der Waals surface area contributed by atoms with Gasteiger partial charge < -0.3 is 15.5 Å². The van der Waals surface area contributed by atoms with E-state index in [-0.39, 0.29) is 5.84 Å². The Labute approximate surface area is 130 Å². The molecular weight excluding hydrogens is 316 g/mol. The molecule has 0 saturated heterocycles. The molecule has 1 aromatic rings. The minimum Gasteiger partial charge on any atom is -0.384 e. The zero-order valence-electron chi connectivity index (χ0n) is 12.8. The Bertz CT molecular complexity index is 457. The summed E-state index contributed by atoms with van der Waals surface area (Å²) in [5.74, 6) is 0.690. The lowest BCUT2D eigenvalue weighted by molar-refractivity contribution is 0.409. The maximum absolute atomic E-state index is 7.53. The number of halogens is 1. The number of nitrogen functional groups attached to an aromatic ring is 1. The molecule has 0 aliphatic carbocycles. The molecular formula is C15H25BrN4. The van der Waals surface area contributed by atoms with Crippen molar-refractivity contribution >= 4 is 27.5 Å². The predicted molar refractivity (Wildman–Crippen MR) is 90.8 cm³/mol. The molecule has 0 unspecified atom stereocenters. The highest BCUT2D eigenvalue weighted by atomic mass is 79.9. The van der Waals surface area contributed by atoms with Crippen LogP contribution in [0.3, 0.4) is 0 Å². The first-order chi connectivity index (χ1) is 9.31. The largest absolute Gasteiger partial charge is 0.384 e. The van der Waals surface area contributed by atoms with Crippen molar-refractivity contribution in [2.24, 2.45) is 11.7 Å². The summed E-state index contributed by atoms with van der Waals surface area (Å²) >= 11 is 3.50. The smallest absolute Gasteiger partial charge is 0.123 e. The molecule has 0 spiro atoms. The van der Waals surface area contributed by atoms with Gasteiger partial charge in [0.15, 0.2) is 0 Å². The third-order valence-corrected chi connectivity index (χ3v) is 3.67. The molecule has 1 aromatic carbocycles. The van der Waals surface area contributed by atoms with E-state index in [0.717, 1.165) is 35.4 Å². The van der Waals surface area contributed by atoms with Crippen molar-refractivity contribution in [2.75, 3.05) is 38.6 Å². The van der Waals surface area contributed by atoms with Gasteiger partial charge >= 0.3 is 0 Å². The second kappa shape index (κ2) is 7.64. The second-order valence-electron chi connectivity index (χ2n) is 5.72. The van der Waals surface area contributed by atoms with E-state index in [1.807, 2.05) is 12.1 Å². The molecule has 20 heavy (non-hydrogen) atoms. The van der Waals surface area contributed by atoms with Crippen LogP contribution in [0.1, 0.15) is 19.4 Å². The minimum absolute atomic E-state index is 0.0899. The standard InChI is InChI=1S/C15H25BrN4/c1-11(2)10-20(8-7-19(3)4)12-5-6-13(15(17)18)14(16)9-12/h5-6,9,11H,7-8,10H2,1-4H3,(H3,17,18). The van der Waals surface area contributed by atoms with Crippen molar-refractivity contribution in [3.63, 3.8) is 0 Å². The van der Waals surface area contributed by atoms with Gasteiger partial charge in [0.25, 0.3) is 0 Å². The number of likely N-dealkylation sites (N-methyl/N-ethyl adjacent to an activating group) is 1. The van der Waals surface area contributed by atoms with Crippen molar-refractivity contribution in [1.82, 2.24) is 4.90 Å². The lowest BCUT2D eigenvalue weighted by Gasteiger charge is -2.28. The van der Waals surface area contributed by atoms with Gasteiger partial charge in [0.2, 0.25) is 0 Å². The molecule has 1 rings (SSSR count). The van der Waals surface area contributed by atoms with E-state index in [1.54, 1.807) is 0 Å². The Kier molecular flexibility index (Phi) is 6.49. The van der Waals surface area contributed by atoms with Gasteiger partial charge in [0, 0.05) is 35.4 Å². The van der Waals surface area contributed by atoms with Gasteiger partial charge in [-0.1, -0.05) is 13.8 Å². The monoisotopic (exact) mass is 340 g/mol. The molecule has 0 amide bonds. The summed E-state index contributed by atoms with van der Waals surface area (Å²) < 4.78 is 0.876. The number of amidine groups is 1. The summed E-state index contributed by atoms with van der Waals surface area (Å²) in [5, 5.41) is 7.53. The molecule has 3 N–H and O–H groups in total. The summed E-state index contributed by atoms with van der Waals surface area (Å²) in [5.41, 5.74) is 7.46. The van der Waals surface area contributed by atoms with E-state index >= 15 is 0 Å². The highest BCUT2D eigenvalue weighted by molar-refractivity contribution is 9.10. The molecule has 0 atom stereocenters. The van der Waals surface area contributed by atoms with Gasteiger partial charge in [-0.3, -0.25) is 5.41 Å². The number of anilines is 1. The van der Waals surface area contributed by atoms with E-state index in [4.69, 9.17) is 11.1 Å². The summed E-state index contributed by atoms with van der Waals surface area (Å²) in [7, 11) is 4.17. The number of rotatable bonds is 7. The number of hydrogen-bond acceptors (Lipinski definition) is 3. The number of nitrogens with two attached hydrogens (primary N) is 1. The molecule has 0 saturated carbocycles. The lowest BCUT2D eigenvalue weighted by atomic mass is 10.1. The molecule has 0 aliphatic heterocycles. The van der Waals surface area contributed by atoms with Crippen LogP contribution in [-0.2, 0) is 0 Å². The normalized spacial score (nSPS) is 11.2. The van der Waals surface area contributed by atoms with Crippen LogP contribution < -0.4 is 10.6 Å². The maximum atomic E-state index is 7.53. The average Bonchev–Trinajstić information content (AvgIpc) is 2.33. The van der Waals surface area contributed by atoms with E-state index in [2.05, 4.69) is 59.7 Å². The van der Waals surface area contributed by atoms with Crippen LogP contribution in [-0.4, -0.2) is 44.5 Å². The summed E-state index contributed by atoms with van der Waals surface area (Å²) in [6.45, 7) is 7.46. The van der Waals surface area contributed by atoms with Gasteiger partial charge in [-0.25, -0.2) is 0 Å². The molecule has 112 valence electrons. The Morgan fingerprint density at radius 3 is 2.40 bits per heavy atom. The third kappa shape index (κ3) is 5.13. The van der Waals surface area contributed by atoms with Crippen LogP contribution in [0.15, 0.2) is 22.7 Å². The van der Waals surface area contributed by atoms with Gasteiger partial charge in [-0.05, 0) is 54.1 Å². The van der Waals surface area contributed by atoms with Crippen LogP contribution in [0.5, 0.6) is 0 Å². The maximum Gasteiger partial charge on any atom is 0.123 e. The van der Waals surface area contributed by atoms with Crippen molar-refractivity contribution in [3.05, 3.63) is 28.2 Å². The van der Waals surface area contributed by atoms with Crippen LogP contribution in [0.25, 0.3) is 0 Å². The average molecular weight is 341 g/mol. The quantitative estimate of drug-likeness (QED) is 0.592. The fourth-order valence-electron chi connectivity index (χ4n) is 2.01. The lowest BCUT2D eigenvalue weighted by Crippen LogP contribution is -2.34. The Balaban J connectivity index is 2.95. The Morgan fingerprint density at radius 1 is 1.30 bits per heavy atom. The van der Waals surface area contributed by atoms with E-state index in [9.17, 15) is 0 Å². The first-order valence-electron chi connectivity index (χ1n) is 6.85. The van der Waals surface area contributed by atoms with E-state index < -0.39 is 0 Å². The van der Waals surface area contributed by atoms with Gasteiger partial charge in [0.05, 0.1) is 0 Å². The Morgan fingerprint density at radius 2 is 1.95 bits per heavy atom. The van der Waals surface area contributed by atoms with E-state index in [1.165, 1.54) is 0 Å². The summed E-state index contributed by atoms with van der Waals surface area (Å²) in [6.07, 6.45) is 0. The van der Waals surface area contributed by atoms with Crippen LogP contribution >= 0.6 is 15.9 Å². The molecule has 5 heteroatoms. The number of nitrogens with one attached hydrogen (secondary N) is 1. The van der Waals surface area contributed by atoms with Gasteiger partial charge in [0.1, 0.15) is 5.84 Å². The Hall–Kier alpha value is -1.07.